The van der Waals surface area contributed by atoms with Gasteiger partial charge in [0, 0.05) is 0 Å². The summed E-state index contributed by atoms with van der Waals surface area (Å²) in [6.07, 6.45) is 12.3. The van der Waals surface area contributed by atoms with Gasteiger partial charge in [0.2, 0.25) is 0 Å². The van der Waals surface area contributed by atoms with Gasteiger partial charge in [-0.15, -0.1) is 6.58 Å². The van der Waals surface area contributed by atoms with Crippen LogP contribution in [0, 0.1) is 16.7 Å². The highest BCUT2D eigenvalue weighted by Gasteiger charge is 2.68. The SMILES string of the molecule is C=CC1(CCC)CC12CCCC2CC. The van der Waals surface area contributed by atoms with Crippen LogP contribution >= 0.6 is 0 Å². The monoisotopic (exact) mass is 192 g/mol. The first-order valence-electron chi connectivity index (χ1n) is 6.38. The Hall–Kier alpha value is -0.260. The summed E-state index contributed by atoms with van der Waals surface area (Å²) in [5, 5.41) is 0. The maximum Gasteiger partial charge on any atom is -0.00559 e. The Kier molecular flexibility index (Phi) is 2.49. The number of hydrogen-bond donors (Lipinski definition) is 0. The molecule has 0 heterocycles. The van der Waals surface area contributed by atoms with Gasteiger partial charge in [0.15, 0.2) is 0 Å². The maximum atomic E-state index is 4.10. The summed E-state index contributed by atoms with van der Waals surface area (Å²) in [5.41, 5.74) is 1.26. The second-order valence-electron chi connectivity index (χ2n) is 5.44. The molecule has 3 atom stereocenters. The molecule has 0 heteroatoms. The average molecular weight is 192 g/mol. The van der Waals surface area contributed by atoms with E-state index in [0.717, 1.165) is 5.92 Å². The van der Waals surface area contributed by atoms with E-state index in [9.17, 15) is 0 Å². The van der Waals surface area contributed by atoms with Crippen LogP contribution in [0.1, 0.15) is 58.8 Å². The summed E-state index contributed by atoms with van der Waals surface area (Å²) < 4.78 is 0. The number of allylic oxidation sites excluding steroid dienone is 1. The minimum Gasteiger partial charge on any atom is -0.103 e. The zero-order valence-electron chi connectivity index (χ0n) is 9.81. The molecule has 14 heavy (non-hydrogen) atoms. The Balaban J connectivity index is 2.15. The standard InChI is InChI=1S/C14H24/c1-4-9-13(6-3)11-14(13)10-7-8-12(14)5-2/h6,12H,3-5,7-11H2,1-2H3. The molecule has 2 rings (SSSR count). The van der Waals surface area contributed by atoms with Crippen LogP contribution < -0.4 is 0 Å². The quantitative estimate of drug-likeness (QED) is 0.573. The molecular weight excluding hydrogens is 168 g/mol. The molecule has 2 saturated carbocycles. The van der Waals surface area contributed by atoms with E-state index in [1.54, 1.807) is 0 Å². The van der Waals surface area contributed by atoms with Crippen LogP contribution in [0.25, 0.3) is 0 Å². The molecule has 0 saturated heterocycles. The van der Waals surface area contributed by atoms with Gasteiger partial charge < -0.3 is 0 Å². The topological polar surface area (TPSA) is 0 Å². The fourth-order valence-corrected chi connectivity index (χ4v) is 4.31. The van der Waals surface area contributed by atoms with Crippen LogP contribution in [0.4, 0.5) is 0 Å². The van der Waals surface area contributed by atoms with Crippen molar-refractivity contribution in [3.63, 3.8) is 0 Å². The normalized spacial score (nSPS) is 45.7. The fraction of sp³-hybridized carbons (Fsp3) is 0.857. The molecule has 0 radical (unpaired) electrons. The summed E-state index contributed by atoms with van der Waals surface area (Å²) in [6.45, 7) is 8.78. The molecular formula is C14H24. The maximum absolute atomic E-state index is 4.10. The summed E-state index contributed by atoms with van der Waals surface area (Å²) in [4.78, 5) is 0. The van der Waals surface area contributed by atoms with Crippen LogP contribution in [0.3, 0.4) is 0 Å². The lowest BCUT2D eigenvalue weighted by atomic mass is 9.80. The molecule has 0 aromatic carbocycles. The first kappa shape index (κ1) is 10.3. The van der Waals surface area contributed by atoms with E-state index in [1.807, 2.05) is 0 Å². The first-order valence-corrected chi connectivity index (χ1v) is 6.38. The predicted octanol–water partition coefficient (Wildman–Crippen LogP) is 4.56. The van der Waals surface area contributed by atoms with Gasteiger partial charge in [-0.3, -0.25) is 0 Å². The second kappa shape index (κ2) is 3.40. The van der Waals surface area contributed by atoms with Crippen molar-refractivity contribution in [2.24, 2.45) is 16.7 Å². The zero-order valence-corrected chi connectivity index (χ0v) is 9.81. The lowest BCUT2D eigenvalue weighted by Gasteiger charge is -2.24. The van der Waals surface area contributed by atoms with Crippen molar-refractivity contribution in [2.75, 3.05) is 0 Å². The third-order valence-electron chi connectivity index (χ3n) is 5.03. The number of rotatable bonds is 4. The first-order chi connectivity index (χ1) is 6.74. The highest BCUT2D eigenvalue weighted by atomic mass is 14.7. The van der Waals surface area contributed by atoms with E-state index in [-0.39, 0.29) is 0 Å². The Morgan fingerprint density at radius 1 is 1.43 bits per heavy atom. The third-order valence-corrected chi connectivity index (χ3v) is 5.03. The fourth-order valence-electron chi connectivity index (χ4n) is 4.31. The lowest BCUT2D eigenvalue weighted by molar-refractivity contribution is 0.276. The van der Waals surface area contributed by atoms with Crippen molar-refractivity contribution in [3.05, 3.63) is 12.7 Å². The van der Waals surface area contributed by atoms with E-state index in [0.29, 0.717) is 10.8 Å². The molecule has 2 aliphatic carbocycles. The van der Waals surface area contributed by atoms with Crippen molar-refractivity contribution >= 4 is 0 Å². The molecule has 2 aliphatic rings. The lowest BCUT2D eigenvalue weighted by Crippen LogP contribution is -2.16. The highest BCUT2D eigenvalue weighted by molar-refractivity contribution is 5.24. The van der Waals surface area contributed by atoms with E-state index >= 15 is 0 Å². The minimum atomic E-state index is 0.554. The molecule has 0 nitrogen and oxygen atoms in total. The summed E-state index contributed by atoms with van der Waals surface area (Å²) in [7, 11) is 0. The Bertz CT molecular complexity index is 230. The summed E-state index contributed by atoms with van der Waals surface area (Å²) in [5.74, 6) is 1.01. The van der Waals surface area contributed by atoms with Crippen LogP contribution in [0.2, 0.25) is 0 Å². The van der Waals surface area contributed by atoms with Crippen molar-refractivity contribution < 1.29 is 0 Å². The molecule has 0 N–H and O–H groups in total. The van der Waals surface area contributed by atoms with E-state index < -0.39 is 0 Å². The van der Waals surface area contributed by atoms with Crippen LogP contribution in [0.5, 0.6) is 0 Å². The summed E-state index contributed by atoms with van der Waals surface area (Å²) >= 11 is 0. The molecule has 0 bridgehead atoms. The Labute approximate surface area is 88.8 Å². The Morgan fingerprint density at radius 2 is 2.21 bits per heavy atom. The van der Waals surface area contributed by atoms with Crippen LogP contribution in [-0.4, -0.2) is 0 Å². The number of hydrogen-bond acceptors (Lipinski definition) is 0. The molecule has 3 unspecified atom stereocenters. The van der Waals surface area contributed by atoms with Gasteiger partial charge in [-0.05, 0) is 42.4 Å². The van der Waals surface area contributed by atoms with Gasteiger partial charge in [0.05, 0.1) is 0 Å². The van der Waals surface area contributed by atoms with E-state index in [2.05, 4.69) is 26.5 Å². The minimum absolute atomic E-state index is 0.554. The molecule has 2 fully saturated rings. The molecule has 0 aliphatic heterocycles. The Morgan fingerprint density at radius 3 is 2.79 bits per heavy atom. The molecule has 1 spiro atoms. The zero-order chi connectivity index (χ0) is 10.2. The smallest absolute Gasteiger partial charge is 0.00559 e. The average Bonchev–Trinajstić information content (AvgIpc) is 2.64. The molecule has 0 amide bonds. The third kappa shape index (κ3) is 1.12. The molecule has 0 aromatic rings. The van der Waals surface area contributed by atoms with Crippen molar-refractivity contribution in [3.8, 4) is 0 Å². The van der Waals surface area contributed by atoms with E-state index in [1.165, 1.54) is 44.9 Å². The van der Waals surface area contributed by atoms with E-state index in [4.69, 9.17) is 0 Å². The van der Waals surface area contributed by atoms with Crippen molar-refractivity contribution in [1.82, 2.24) is 0 Å². The summed E-state index contributed by atoms with van der Waals surface area (Å²) in [6, 6.07) is 0. The van der Waals surface area contributed by atoms with Gasteiger partial charge in [-0.2, -0.15) is 0 Å². The second-order valence-corrected chi connectivity index (χ2v) is 5.44. The van der Waals surface area contributed by atoms with Crippen molar-refractivity contribution in [1.29, 1.82) is 0 Å². The van der Waals surface area contributed by atoms with Gasteiger partial charge >= 0.3 is 0 Å². The van der Waals surface area contributed by atoms with Crippen molar-refractivity contribution in [2.45, 2.75) is 58.8 Å². The molecule has 0 aromatic heterocycles. The van der Waals surface area contributed by atoms with Crippen LogP contribution in [-0.2, 0) is 0 Å². The van der Waals surface area contributed by atoms with Gasteiger partial charge in [-0.25, -0.2) is 0 Å². The largest absolute Gasteiger partial charge is 0.103 e. The van der Waals surface area contributed by atoms with Crippen LogP contribution in [0.15, 0.2) is 12.7 Å². The van der Waals surface area contributed by atoms with Gasteiger partial charge in [0.1, 0.15) is 0 Å². The highest BCUT2D eigenvalue weighted by Crippen LogP contribution is 2.76. The van der Waals surface area contributed by atoms with Gasteiger partial charge in [-0.1, -0.05) is 39.2 Å². The predicted molar refractivity (Wildman–Crippen MR) is 62.2 cm³/mol. The molecule has 80 valence electrons. The van der Waals surface area contributed by atoms with Gasteiger partial charge in [0.25, 0.3) is 0 Å².